The summed E-state index contributed by atoms with van der Waals surface area (Å²) in [5, 5.41) is 8.98. The zero-order chi connectivity index (χ0) is 9.84. The maximum atomic E-state index is 8.98. The summed E-state index contributed by atoms with van der Waals surface area (Å²) < 4.78 is 5.15. The average molecular weight is 202 g/mol. The summed E-state index contributed by atoms with van der Waals surface area (Å²) >= 11 is 5.68. The van der Waals surface area contributed by atoms with E-state index < -0.39 is 0 Å². The number of aliphatic hydroxyl groups is 1. The zero-order valence-corrected chi connectivity index (χ0v) is 8.43. The van der Waals surface area contributed by atoms with Crippen molar-refractivity contribution in [3.63, 3.8) is 0 Å². The van der Waals surface area contributed by atoms with E-state index in [0.717, 1.165) is 11.3 Å². The maximum Gasteiger partial charge on any atom is 0.130 e. The molecule has 0 atom stereocenters. The summed E-state index contributed by atoms with van der Waals surface area (Å²) in [6.45, 7) is 1.81. The fourth-order valence-corrected chi connectivity index (χ4v) is 1.48. The van der Waals surface area contributed by atoms with Crippen LogP contribution in [-0.2, 0) is 12.5 Å². The third-order valence-corrected chi connectivity index (χ3v) is 2.20. The van der Waals surface area contributed by atoms with Crippen LogP contribution in [0, 0.1) is 6.92 Å². The van der Waals surface area contributed by atoms with Crippen molar-refractivity contribution in [3.8, 4) is 5.75 Å². The molecule has 0 saturated carbocycles. The normalized spacial score (nSPS) is 10.2. The van der Waals surface area contributed by atoms with Gasteiger partial charge in [-0.15, -0.1) is 11.6 Å². The lowest BCUT2D eigenvalue weighted by Gasteiger charge is -2.11. The monoisotopic (exact) mass is 201 g/mol. The Kier molecular flexibility index (Phi) is 3.51. The standard InChI is InChI=1S/C9H12ClNO2/c1-6-8(3-10)11-4-7(5-12)9(6)13-2/h4,12H,3,5H2,1-2H3. The second kappa shape index (κ2) is 4.44. The van der Waals surface area contributed by atoms with Crippen molar-refractivity contribution in [2.75, 3.05) is 7.11 Å². The molecule has 1 aromatic heterocycles. The van der Waals surface area contributed by atoms with Gasteiger partial charge in [0.15, 0.2) is 0 Å². The fourth-order valence-electron chi connectivity index (χ4n) is 1.21. The third-order valence-electron chi connectivity index (χ3n) is 1.94. The molecule has 0 fully saturated rings. The number of pyridine rings is 1. The van der Waals surface area contributed by atoms with Crippen molar-refractivity contribution in [2.24, 2.45) is 0 Å². The lowest BCUT2D eigenvalue weighted by atomic mass is 10.1. The number of ether oxygens (including phenoxy) is 1. The highest BCUT2D eigenvalue weighted by Gasteiger charge is 2.10. The van der Waals surface area contributed by atoms with Crippen molar-refractivity contribution in [3.05, 3.63) is 23.0 Å². The van der Waals surface area contributed by atoms with Crippen LogP contribution < -0.4 is 4.74 Å². The molecule has 4 heteroatoms. The Bertz CT molecular complexity index is 302. The highest BCUT2D eigenvalue weighted by atomic mass is 35.5. The molecule has 0 aromatic carbocycles. The van der Waals surface area contributed by atoms with Gasteiger partial charge in [0.25, 0.3) is 0 Å². The van der Waals surface area contributed by atoms with E-state index >= 15 is 0 Å². The van der Waals surface area contributed by atoms with Gasteiger partial charge in [0.2, 0.25) is 0 Å². The summed E-state index contributed by atoms with van der Waals surface area (Å²) in [6.07, 6.45) is 1.59. The molecule has 0 amide bonds. The van der Waals surface area contributed by atoms with Crippen molar-refractivity contribution in [1.82, 2.24) is 4.98 Å². The largest absolute Gasteiger partial charge is 0.496 e. The molecular formula is C9H12ClNO2. The molecule has 0 aliphatic carbocycles. The molecule has 0 aliphatic heterocycles. The van der Waals surface area contributed by atoms with Crippen LogP contribution in [0.2, 0.25) is 0 Å². The van der Waals surface area contributed by atoms with Crippen LogP contribution >= 0.6 is 11.6 Å². The van der Waals surface area contributed by atoms with Gasteiger partial charge in [-0.25, -0.2) is 0 Å². The lowest BCUT2D eigenvalue weighted by Crippen LogP contribution is -2.00. The number of hydrogen-bond acceptors (Lipinski definition) is 3. The Morgan fingerprint density at radius 3 is 2.77 bits per heavy atom. The molecule has 0 spiro atoms. The Balaban J connectivity index is 3.23. The van der Waals surface area contributed by atoms with E-state index in [1.54, 1.807) is 13.3 Å². The van der Waals surface area contributed by atoms with Crippen LogP contribution in [0.25, 0.3) is 0 Å². The Hall–Kier alpha value is -0.800. The minimum Gasteiger partial charge on any atom is -0.496 e. The quantitative estimate of drug-likeness (QED) is 0.756. The van der Waals surface area contributed by atoms with Gasteiger partial charge in [0.05, 0.1) is 25.3 Å². The van der Waals surface area contributed by atoms with E-state index in [1.165, 1.54) is 0 Å². The Morgan fingerprint density at radius 2 is 2.31 bits per heavy atom. The fraction of sp³-hybridized carbons (Fsp3) is 0.444. The molecule has 0 radical (unpaired) electrons. The number of rotatable bonds is 3. The van der Waals surface area contributed by atoms with Crippen LogP contribution in [0.5, 0.6) is 5.75 Å². The first-order valence-electron chi connectivity index (χ1n) is 3.92. The van der Waals surface area contributed by atoms with Crippen LogP contribution in [0.3, 0.4) is 0 Å². The van der Waals surface area contributed by atoms with Gasteiger partial charge in [0.1, 0.15) is 5.75 Å². The van der Waals surface area contributed by atoms with Gasteiger partial charge < -0.3 is 9.84 Å². The van der Waals surface area contributed by atoms with E-state index in [1.807, 2.05) is 6.92 Å². The molecule has 0 bridgehead atoms. The van der Waals surface area contributed by atoms with E-state index in [-0.39, 0.29) is 6.61 Å². The highest BCUT2D eigenvalue weighted by Crippen LogP contribution is 2.25. The van der Waals surface area contributed by atoms with E-state index in [9.17, 15) is 0 Å². The van der Waals surface area contributed by atoms with E-state index in [0.29, 0.717) is 17.2 Å². The number of aliphatic hydroxyl groups excluding tert-OH is 1. The number of aromatic nitrogens is 1. The van der Waals surface area contributed by atoms with Gasteiger partial charge in [-0.2, -0.15) is 0 Å². The lowest BCUT2D eigenvalue weighted by molar-refractivity contribution is 0.272. The third kappa shape index (κ3) is 1.92. The first kappa shape index (κ1) is 10.3. The number of hydrogen-bond donors (Lipinski definition) is 1. The number of alkyl halides is 1. The van der Waals surface area contributed by atoms with Crippen molar-refractivity contribution >= 4 is 11.6 Å². The van der Waals surface area contributed by atoms with Gasteiger partial charge in [-0.05, 0) is 6.92 Å². The molecule has 1 N–H and O–H groups in total. The molecule has 3 nitrogen and oxygen atoms in total. The van der Waals surface area contributed by atoms with Gasteiger partial charge >= 0.3 is 0 Å². The highest BCUT2D eigenvalue weighted by molar-refractivity contribution is 6.17. The van der Waals surface area contributed by atoms with Crippen LogP contribution in [0.4, 0.5) is 0 Å². The Labute approximate surface area is 82.3 Å². The van der Waals surface area contributed by atoms with Crippen LogP contribution in [0.1, 0.15) is 16.8 Å². The molecule has 0 saturated heterocycles. The SMILES string of the molecule is COc1c(CO)cnc(CCl)c1C. The first-order valence-corrected chi connectivity index (χ1v) is 4.46. The smallest absolute Gasteiger partial charge is 0.130 e. The maximum absolute atomic E-state index is 8.98. The first-order chi connectivity index (χ1) is 6.24. The summed E-state index contributed by atoms with van der Waals surface area (Å²) in [6, 6.07) is 0. The summed E-state index contributed by atoms with van der Waals surface area (Å²) in [7, 11) is 1.57. The number of halogens is 1. The molecule has 0 aliphatic rings. The topological polar surface area (TPSA) is 42.4 Å². The molecule has 13 heavy (non-hydrogen) atoms. The minimum absolute atomic E-state index is 0.0699. The molecule has 72 valence electrons. The van der Waals surface area contributed by atoms with E-state index in [2.05, 4.69) is 4.98 Å². The second-order valence-corrected chi connectivity index (χ2v) is 2.95. The number of methoxy groups -OCH3 is 1. The summed E-state index contributed by atoms with van der Waals surface area (Å²) in [4.78, 5) is 4.10. The van der Waals surface area contributed by atoms with Gasteiger partial charge in [-0.1, -0.05) is 0 Å². The summed E-state index contributed by atoms with van der Waals surface area (Å²) in [5.74, 6) is 1.03. The zero-order valence-electron chi connectivity index (χ0n) is 7.67. The molecule has 1 aromatic rings. The molecular weight excluding hydrogens is 190 g/mol. The predicted molar refractivity (Wildman–Crippen MR) is 51.0 cm³/mol. The minimum atomic E-state index is -0.0699. The number of nitrogens with zero attached hydrogens (tertiary/aromatic N) is 1. The second-order valence-electron chi connectivity index (χ2n) is 2.68. The van der Waals surface area contributed by atoms with Crippen molar-refractivity contribution < 1.29 is 9.84 Å². The van der Waals surface area contributed by atoms with Crippen LogP contribution in [0.15, 0.2) is 6.20 Å². The van der Waals surface area contributed by atoms with Crippen LogP contribution in [-0.4, -0.2) is 17.2 Å². The van der Waals surface area contributed by atoms with Crippen molar-refractivity contribution in [2.45, 2.75) is 19.4 Å². The molecule has 1 heterocycles. The molecule has 1 rings (SSSR count). The van der Waals surface area contributed by atoms with Gasteiger partial charge in [-0.3, -0.25) is 4.98 Å². The predicted octanol–water partition coefficient (Wildman–Crippen LogP) is 1.63. The average Bonchev–Trinajstić information content (AvgIpc) is 2.17. The van der Waals surface area contributed by atoms with E-state index in [4.69, 9.17) is 21.4 Å². The van der Waals surface area contributed by atoms with Gasteiger partial charge in [0, 0.05) is 17.3 Å². The summed E-state index contributed by atoms with van der Waals surface area (Å²) in [5.41, 5.74) is 2.37. The van der Waals surface area contributed by atoms with Crippen molar-refractivity contribution in [1.29, 1.82) is 0 Å². The molecule has 0 unspecified atom stereocenters. The Morgan fingerprint density at radius 1 is 1.62 bits per heavy atom.